The predicted molar refractivity (Wildman–Crippen MR) is 128 cm³/mol. The molecule has 0 saturated heterocycles. The van der Waals surface area contributed by atoms with Crippen LogP contribution < -0.4 is 10.4 Å². The van der Waals surface area contributed by atoms with E-state index in [1.54, 1.807) is 14.1 Å². The molecular weight excluding hydrogens is 408 g/mol. The van der Waals surface area contributed by atoms with Crippen LogP contribution in [0.4, 0.5) is 0 Å². The second-order valence-corrected chi connectivity index (χ2v) is 9.39. The highest BCUT2D eigenvalue weighted by atomic mass is 16.5. The zero-order chi connectivity index (χ0) is 24.7. The third-order valence-electron chi connectivity index (χ3n) is 5.33. The number of nitrogens with zero attached hydrogens (tertiary/aromatic N) is 1. The van der Waals surface area contributed by atoms with Crippen molar-refractivity contribution in [3.8, 4) is 0 Å². The standard InChI is InChI=1S/C22H46N2O2.C3H6O3/c1-4-5-6-7-8-9-10-11-12-13-14-15-16-17-18-19-22(25)23-20-21-24(2,3)26;1-2(4)3(5)6/h26H,4-21H2,1-3H3;2,4H,1H3,(H,5,6). The molecule has 0 aromatic carbocycles. The van der Waals surface area contributed by atoms with Gasteiger partial charge in [-0.3, -0.25) is 4.79 Å². The maximum absolute atomic E-state index is 11.7. The highest BCUT2D eigenvalue weighted by Crippen LogP contribution is 2.13. The van der Waals surface area contributed by atoms with Crippen LogP contribution in [0.15, 0.2) is 0 Å². The molecule has 7 heteroatoms. The second kappa shape index (κ2) is 23.0. The number of rotatable bonds is 20. The van der Waals surface area contributed by atoms with E-state index in [9.17, 15) is 19.9 Å². The fraction of sp³-hybridized carbons (Fsp3) is 0.920. The van der Waals surface area contributed by atoms with Gasteiger partial charge >= 0.3 is 0 Å². The van der Waals surface area contributed by atoms with Crippen molar-refractivity contribution in [2.24, 2.45) is 0 Å². The summed E-state index contributed by atoms with van der Waals surface area (Å²) >= 11 is 0. The molecule has 1 unspecified atom stereocenters. The summed E-state index contributed by atoms with van der Waals surface area (Å²) in [5, 5.41) is 29.7. The van der Waals surface area contributed by atoms with Gasteiger partial charge in [0, 0.05) is 6.42 Å². The molecule has 1 amide bonds. The Hall–Kier alpha value is -1.18. The Morgan fingerprint density at radius 1 is 0.812 bits per heavy atom. The van der Waals surface area contributed by atoms with Crippen LogP contribution in [0, 0.1) is 0 Å². The molecule has 0 fully saturated rings. The number of aliphatic hydroxyl groups excluding tert-OH is 1. The normalized spacial score (nSPS) is 12.1. The number of likely N-dealkylation sites (N-methyl/N-ethyl adjacent to an activating group) is 1. The number of quaternary nitrogens is 1. The first kappa shape index (κ1) is 33.0. The maximum atomic E-state index is 11.7. The number of nitrogens with one attached hydrogen (secondary N) is 1. The molecule has 0 aliphatic rings. The van der Waals surface area contributed by atoms with E-state index in [1.807, 2.05) is 0 Å². The number of unbranched alkanes of at least 4 members (excludes halogenated alkanes) is 14. The lowest BCUT2D eigenvalue weighted by Crippen LogP contribution is -2.42. The number of carboxylic acid groups (broad SMARTS) is 1. The quantitative estimate of drug-likeness (QED) is 0.145. The Kier molecular flexibility index (Phi) is 23.7. The van der Waals surface area contributed by atoms with E-state index in [4.69, 9.17) is 5.11 Å². The molecule has 0 radical (unpaired) electrons. The van der Waals surface area contributed by atoms with Gasteiger partial charge in [-0.15, -0.1) is 0 Å². The zero-order valence-electron chi connectivity index (χ0n) is 21.4. The largest absolute Gasteiger partial charge is 0.547 e. The van der Waals surface area contributed by atoms with Crippen LogP contribution in [0.25, 0.3) is 0 Å². The summed E-state index contributed by atoms with van der Waals surface area (Å²) in [6.45, 7) is 4.50. The summed E-state index contributed by atoms with van der Waals surface area (Å²) in [5.41, 5.74) is 0. The van der Waals surface area contributed by atoms with Crippen LogP contribution >= 0.6 is 0 Å². The topological polar surface area (TPSA) is 110 Å². The molecule has 0 saturated carbocycles. The summed E-state index contributed by atoms with van der Waals surface area (Å²) in [6.07, 6.45) is 19.4. The first-order valence-corrected chi connectivity index (χ1v) is 12.8. The molecule has 0 aromatic heterocycles. The van der Waals surface area contributed by atoms with Crippen LogP contribution in [-0.2, 0) is 9.59 Å². The highest BCUT2D eigenvalue weighted by molar-refractivity contribution is 5.75. The van der Waals surface area contributed by atoms with Gasteiger partial charge in [0.25, 0.3) is 0 Å². The van der Waals surface area contributed by atoms with Crippen molar-refractivity contribution in [3.05, 3.63) is 0 Å². The molecule has 192 valence electrons. The second-order valence-electron chi connectivity index (χ2n) is 9.39. The molecule has 0 bridgehead atoms. The summed E-state index contributed by atoms with van der Waals surface area (Å²) in [4.78, 5) is 21.0. The lowest BCUT2D eigenvalue weighted by Gasteiger charge is -2.19. The third-order valence-corrected chi connectivity index (χ3v) is 5.33. The summed E-state index contributed by atoms with van der Waals surface area (Å²) in [7, 11) is 3.42. The first-order chi connectivity index (χ1) is 15.1. The number of carboxylic acids is 1. The first-order valence-electron chi connectivity index (χ1n) is 12.8. The van der Waals surface area contributed by atoms with E-state index in [0.29, 0.717) is 19.5 Å². The number of carbonyl (C=O) groups excluding carboxylic acids is 2. The number of hydroxylamine groups is 3. The average Bonchev–Trinajstić information content (AvgIpc) is 2.70. The fourth-order valence-corrected chi connectivity index (χ4v) is 3.21. The summed E-state index contributed by atoms with van der Waals surface area (Å²) < 4.78 is -0.0980. The lowest BCUT2D eigenvalue weighted by molar-refractivity contribution is -1.07. The van der Waals surface area contributed by atoms with E-state index in [1.165, 1.54) is 83.5 Å². The predicted octanol–water partition coefficient (Wildman–Crippen LogP) is 3.95. The molecule has 7 nitrogen and oxygen atoms in total. The van der Waals surface area contributed by atoms with Gasteiger partial charge in [-0.2, -0.15) is 4.65 Å². The van der Waals surface area contributed by atoms with Crippen LogP contribution in [0.5, 0.6) is 0 Å². The number of aliphatic carboxylic acids is 1. The molecule has 0 rings (SSSR count). The molecule has 0 spiro atoms. The Labute approximate surface area is 197 Å². The zero-order valence-corrected chi connectivity index (χ0v) is 21.4. The van der Waals surface area contributed by atoms with Crippen molar-refractivity contribution in [1.29, 1.82) is 0 Å². The van der Waals surface area contributed by atoms with Gasteiger partial charge in [-0.1, -0.05) is 96.8 Å². The van der Waals surface area contributed by atoms with Gasteiger partial charge in [-0.25, -0.2) is 5.21 Å². The number of aliphatic hydroxyl groups is 1. The van der Waals surface area contributed by atoms with Gasteiger partial charge in [-0.05, 0) is 13.3 Å². The monoisotopic (exact) mass is 460 g/mol. The third kappa shape index (κ3) is 31.0. The van der Waals surface area contributed by atoms with Crippen LogP contribution in [0.1, 0.15) is 117 Å². The number of amides is 1. The lowest BCUT2D eigenvalue weighted by atomic mass is 10.0. The van der Waals surface area contributed by atoms with Gasteiger partial charge in [0.15, 0.2) is 0 Å². The minimum Gasteiger partial charge on any atom is -0.547 e. The molecule has 1 atom stereocenters. The van der Waals surface area contributed by atoms with Crippen LogP contribution in [0.2, 0.25) is 0 Å². The van der Waals surface area contributed by atoms with Crippen LogP contribution in [-0.4, -0.2) is 60.1 Å². The average molecular weight is 461 g/mol. The molecule has 0 aliphatic carbocycles. The van der Waals surface area contributed by atoms with Crippen molar-refractivity contribution in [2.45, 2.75) is 123 Å². The molecule has 32 heavy (non-hydrogen) atoms. The van der Waals surface area contributed by atoms with E-state index in [0.717, 1.165) is 19.8 Å². The van der Waals surface area contributed by atoms with Crippen molar-refractivity contribution < 1.29 is 29.7 Å². The summed E-state index contributed by atoms with van der Waals surface area (Å²) in [5.74, 6) is -1.32. The van der Waals surface area contributed by atoms with Crippen molar-refractivity contribution in [1.82, 2.24) is 5.32 Å². The Balaban J connectivity index is 0. The Morgan fingerprint density at radius 3 is 1.47 bits per heavy atom. The smallest absolute Gasteiger partial charge is 0.220 e. The number of hydrogen-bond acceptors (Lipinski definition) is 5. The SMILES string of the molecule is CC(O)C(=O)[O-].CCCCCCCCCCCCCCCCCC(=O)NCC[N+](C)(C)O. The van der Waals surface area contributed by atoms with Gasteiger partial charge in [0.2, 0.25) is 5.91 Å². The minimum atomic E-state index is -1.44. The van der Waals surface area contributed by atoms with E-state index in [2.05, 4.69) is 12.2 Å². The maximum Gasteiger partial charge on any atom is 0.220 e. The van der Waals surface area contributed by atoms with Gasteiger partial charge in [0.05, 0.1) is 32.7 Å². The molecule has 0 aromatic rings. The van der Waals surface area contributed by atoms with Gasteiger partial charge < -0.3 is 20.3 Å². The van der Waals surface area contributed by atoms with E-state index in [-0.39, 0.29) is 10.6 Å². The van der Waals surface area contributed by atoms with Gasteiger partial charge in [0.1, 0.15) is 6.54 Å². The summed E-state index contributed by atoms with van der Waals surface area (Å²) in [6, 6.07) is 0. The minimum absolute atomic E-state index is 0.0980. The highest BCUT2D eigenvalue weighted by Gasteiger charge is 2.10. The molecule has 0 heterocycles. The van der Waals surface area contributed by atoms with E-state index < -0.39 is 12.1 Å². The molecular formula is C25H52N2O5. The number of hydrogen-bond donors (Lipinski definition) is 3. The molecule has 3 N–H and O–H groups in total. The number of carbonyl (C=O) groups is 2. The fourth-order valence-electron chi connectivity index (χ4n) is 3.21. The van der Waals surface area contributed by atoms with E-state index >= 15 is 0 Å². The van der Waals surface area contributed by atoms with Crippen molar-refractivity contribution >= 4 is 11.9 Å². The van der Waals surface area contributed by atoms with Crippen molar-refractivity contribution in [3.63, 3.8) is 0 Å². The molecule has 0 aliphatic heterocycles. The van der Waals surface area contributed by atoms with Crippen molar-refractivity contribution in [2.75, 3.05) is 27.2 Å². The van der Waals surface area contributed by atoms with Crippen LogP contribution in [0.3, 0.4) is 0 Å². The Bertz CT molecular complexity index is 437. The Morgan fingerprint density at radius 2 is 1.16 bits per heavy atom.